The van der Waals surface area contributed by atoms with E-state index in [1.165, 1.54) is 93.7 Å². The van der Waals surface area contributed by atoms with Gasteiger partial charge in [0, 0.05) is 49.6 Å². The largest absolute Gasteiger partial charge is 0.383 e. The van der Waals surface area contributed by atoms with E-state index >= 15 is 0 Å². The SMILES string of the molecule is Cc1ccc(-c2cc3c(c4c2c2ccccc2n4-c2ccc4c(c2)c2ccccc2n4-c2ccccc2)-c2ccccc2C3(c2ccccc2)c2ccccc2)cc1.N=C(N=C(N)c1ccccc1)c1ccccc1. The van der Waals surface area contributed by atoms with Crippen LogP contribution in [0.1, 0.15) is 38.9 Å². The second kappa shape index (κ2) is 18.6. The molecule has 356 valence electrons. The number of amidine groups is 2. The molecule has 1 aliphatic rings. The predicted octanol–water partition coefficient (Wildman–Crippen LogP) is 16.6. The first-order valence-electron chi connectivity index (χ1n) is 25.5. The Morgan fingerprint density at radius 2 is 0.947 bits per heavy atom. The van der Waals surface area contributed by atoms with Crippen molar-refractivity contribution in [1.29, 1.82) is 5.41 Å². The molecule has 2 aromatic heterocycles. The molecule has 11 aromatic carbocycles. The van der Waals surface area contributed by atoms with Crippen LogP contribution in [0.15, 0.2) is 278 Å². The summed E-state index contributed by atoms with van der Waals surface area (Å²) in [4.78, 5) is 4.10. The Bertz CT molecular complexity index is 4250. The van der Waals surface area contributed by atoms with Crippen molar-refractivity contribution in [2.45, 2.75) is 12.3 Å². The average Bonchev–Trinajstić information content (AvgIpc) is 4.31. The first-order chi connectivity index (χ1) is 37.0. The molecule has 5 nitrogen and oxygen atoms in total. The van der Waals surface area contributed by atoms with Crippen LogP contribution in [-0.2, 0) is 5.41 Å². The fourth-order valence-electron chi connectivity index (χ4n) is 11.7. The third-order valence-electron chi connectivity index (χ3n) is 15.0. The molecule has 0 saturated heterocycles. The summed E-state index contributed by atoms with van der Waals surface area (Å²) in [5.41, 5.74) is 25.4. The summed E-state index contributed by atoms with van der Waals surface area (Å²) >= 11 is 0. The molecule has 75 heavy (non-hydrogen) atoms. The Labute approximate surface area is 436 Å². The van der Waals surface area contributed by atoms with Gasteiger partial charge < -0.3 is 14.9 Å². The molecule has 0 amide bonds. The van der Waals surface area contributed by atoms with Crippen LogP contribution >= 0.6 is 0 Å². The zero-order chi connectivity index (χ0) is 50.5. The summed E-state index contributed by atoms with van der Waals surface area (Å²) in [6.45, 7) is 2.17. The molecule has 2 heterocycles. The maximum atomic E-state index is 7.84. The standard InChI is InChI=1S/C56H38N2.C14H13N3/c1-37-29-31-38(32-30-37)46-36-49-54(44-24-11-14-26-48(44)56(49,39-17-5-2-6-18-39)40-19-7-3-8-20-40)55-53(46)45-25-13-16-28-51(45)58(55)42-33-34-52-47(35-42)43-23-12-15-27-50(43)57(52)41-21-9-4-10-22-41;15-13(11-7-3-1-4-8-11)17-14(16)12-9-5-2-6-10-12/h2-36H,1H3;1-10H,(H3,15,16,17). The molecule has 0 fully saturated rings. The van der Waals surface area contributed by atoms with E-state index in [-0.39, 0.29) is 5.84 Å². The van der Waals surface area contributed by atoms with Crippen LogP contribution in [-0.4, -0.2) is 20.8 Å². The highest BCUT2D eigenvalue weighted by Gasteiger charge is 2.48. The lowest BCUT2D eigenvalue weighted by Gasteiger charge is -2.34. The van der Waals surface area contributed by atoms with E-state index in [2.05, 4.69) is 233 Å². The minimum Gasteiger partial charge on any atom is -0.383 e. The summed E-state index contributed by atoms with van der Waals surface area (Å²) in [5.74, 6) is 0.534. The second-order valence-electron chi connectivity index (χ2n) is 19.3. The van der Waals surface area contributed by atoms with Gasteiger partial charge in [-0.3, -0.25) is 5.41 Å². The fourth-order valence-corrected chi connectivity index (χ4v) is 11.7. The van der Waals surface area contributed by atoms with Crippen LogP contribution in [0.25, 0.3) is 77.2 Å². The van der Waals surface area contributed by atoms with Gasteiger partial charge in [-0.2, -0.15) is 0 Å². The van der Waals surface area contributed by atoms with Crippen LogP contribution in [0.3, 0.4) is 0 Å². The van der Waals surface area contributed by atoms with E-state index in [0.29, 0.717) is 5.84 Å². The lowest BCUT2D eigenvalue weighted by atomic mass is 9.67. The molecular formula is C70H51N5. The van der Waals surface area contributed by atoms with E-state index in [0.717, 1.165) is 22.5 Å². The van der Waals surface area contributed by atoms with Crippen LogP contribution in [0.5, 0.6) is 0 Å². The van der Waals surface area contributed by atoms with Crippen molar-refractivity contribution in [2.75, 3.05) is 0 Å². The van der Waals surface area contributed by atoms with Crippen molar-refractivity contribution in [3.05, 3.63) is 312 Å². The zero-order valence-corrected chi connectivity index (χ0v) is 41.4. The minimum absolute atomic E-state index is 0.173. The number of nitrogens with two attached hydrogens (primary N) is 1. The third kappa shape index (κ3) is 7.47. The maximum Gasteiger partial charge on any atom is 0.154 e. The molecule has 0 radical (unpaired) electrons. The smallest absolute Gasteiger partial charge is 0.154 e. The normalized spacial score (nSPS) is 12.6. The van der Waals surface area contributed by atoms with Crippen molar-refractivity contribution in [3.63, 3.8) is 0 Å². The number of rotatable bonds is 7. The Kier molecular flexibility index (Phi) is 11.2. The van der Waals surface area contributed by atoms with E-state index < -0.39 is 5.41 Å². The summed E-state index contributed by atoms with van der Waals surface area (Å²) < 4.78 is 4.97. The lowest BCUT2D eigenvalue weighted by Crippen LogP contribution is -2.28. The van der Waals surface area contributed by atoms with Gasteiger partial charge in [0.05, 0.1) is 27.5 Å². The molecule has 13 aromatic rings. The number of hydrogen-bond acceptors (Lipinski definition) is 1. The first-order valence-corrected chi connectivity index (χ1v) is 25.5. The number of aryl methyl sites for hydroxylation is 1. The van der Waals surface area contributed by atoms with Gasteiger partial charge >= 0.3 is 0 Å². The number of nitrogens with zero attached hydrogens (tertiary/aromatic N) is 3. The molecule has 0 spiro atoms. The Hall–Kier alpha value is -9.84. The molecule has 3 N–H and O–H groups in total. The highest BCUT2D eigenvalue weighted by atomic mass is 15.0. The Morgan fingerprint density at radius 3 is 1.60 bits per heavy atom. The second-order valence-corrected chi connectivity index (χ2v) is 19.3. The molecule has 0 bridgehead atoms. The van der Waals surface area contributed by atoms with E-state index in [9.17, 15) is 0 Å². The number of benzene rings is 11. The van der Waals surface area contributed by atoms with Gasteiger partial charge in [0.1, 0.15) is 5.84 Å². The Balaban J connectivity index is 0.000000272. The van der Waals surface area contributed by atoms with E-state index in [1.807, 2.05) is 60.7 Å². The van der Waals surface area contributed by atoms with Crippen molar-refractivity contribution in [1.82, 2.24) is 9.13 Å². The number of fused-ring (bicyclic) bond motifs is 10. The van der Waals surface area contributed by atoms with Gasteiger partial charge in [-0.1, -0.05) is 230 Å². The van der Waals surface area contributed by atoms with Gasteiger partial charge in [-0.15, -0.1) is 0 Å². The Morgan fingerprint density at radius 1 is 0.427 bits per heavy atom. The first kappa shape index (κ1) is 45.1. The van der Waals surface area contributed by atoms with Gasteiger partial charge in [0.15, 0.2) is 5.84 Å². The number of aromatic nitrogens is 2. The van der Waals surface area contributed by atoms with E-state index in [1.54, 1.807) is 0 Å². The van der Waals surface area contributed by atoms with Crippen LogP contribution in [0.2, 0.25) is 0 Å². The molecule has 14 rings (SSSR count). The van der Waals surface area contributed by atoms with Gasteiger partial charge in [0.2, 0.25) is 0 Å². The van der Waals surface area contributed by atoms with Gasteiger partial charge in [0.25, 0.3) is 0 Å². The topological polar surface area (TPSA) is 72.1 Å². The van der Waals surface area contributed by atoms with Crippen molar-refractivity contribution < 1.29 is 0 Å². The van der Waals surface area contributed by atoms with Crippen molar-refractivity contribution in [3.8, 4) is 33.6 Å². The minimum atomic E-state index is -0.545. The summed E-state index contributed by atoms with van der Waals surface area (Å²) in [5, 5.41) is 12.8. The molecule has 0 saturated carbocycles. The van der Waals surface area contributed by atoms with Crippen molar-refractivity contribution >= 4 is 55.3 Å². The molecule has 0 unspecified atom stereocenters. The number of para-hydroxylation sites is 3. The number of aliphatic imine (C=N–C) groups is 1. The van der Waals surface area contributed by atoms with Crippen molar-refractivity contribution in [2.24, 2.45) is 10.7 Å². The maximum absolute atomic E-state index is 7.84. The molecule has 5 heteroatoms. The highest BCUT2D eigenvalue weighted by molar-refractivity contribution is 6.22. The van der Waals surface area contributed by atoms with Crippen LogP contribution in [0, 0.1) is 12.3 Å². The summed E-state index contributed by atoms with van der Waals surface area (Å²) in [7, 11) is 0. The molecule has 0 atom stereocenters. The molecular weight excluding hydrogens is 911 g/mol. The quantitative estimate of drug-likeness (QED) is 0.121. The molecule has 0 aliphatic heterocycles. The van der Waals surface area contributed by atoms with Gasteiger partial charge in [-0.05, 0) is 94.4 Å². The number of nitrogens with one attached hydrogen (secondary N) is 1. The molecule has 1 aliphatic carbocycles. The fraction of sp³-hybridized carbons (Fsp3) is 0.0286. The van der Waals surface area contributed by atoms with Crippen LogP contribution in [0.4, 0.5) is 0 Å². The third-order valence-corrected chi connectivity index (χ3v) is 15.0. The van der Waals surface area contributed by atoms with Crippen LogP contribution < -0.4 is 5.73 Å². The number of hydrogen-bond donors (Lipinski definition) is 2. The summed E-state index contributed by atoms with van der Waals surface area (Å²) in [6.07, 6.45) is 0. The zero-order valence-electron chi connectivity index (χ0n) is 41.4. The lowest BCUT2D eigenvalue weighted by molar-refractivity contribution is 0.769. The highest BCUT2D eigenvalue weighted by Crippen LogP contribution is 2.60. The van der Waals surface area contributed by atoms with Gasteiger partial charge in [-0.25, -0.2) is 4.99 Å². The predicted molar refractivity (Wildman–Crippen MR) is 313 cm³/mol. The average molecular weight is 962 g/mol. The van der Waals surface area contributed by atoms with E-state index in [4.69, 9.17) is 11.1 Å². The monoisotopic (exact) mass is 961 g/mol. The summed E-state index contributed by atoms with van der Waals surface area (Å²) in [6, 6.07) is 97.5.